The zero-order valence-corrected chi connectivity index (χ0v) is 15.9. The molecule has 1 fully saturated rings. The second-order valence-corrected chi connectivity index (χ2v) is 7.07. The largest absolute Gasteiger partial charge is 0.366 e. The Labute approximate surface area is 168 Å². The van der Waals surface area contributed by atoms with Crippen LogP contribution < -0.4 is 5.73 Å². The number of benzene rings is 1. The van der Waals surface area contributed by atoms with E-state index in [2.05, 4.69) is 9.97 Å². The molecule has 3 aromatic rings. The zero-order valence-electron chi connectivity index (χ0n) is 15.9. The lowest BCUT2D eigenvalue weighted by Gasteiger charge is -2.32. The molecule has 2 aromatic heterocycles. The highest BCUT2D eigenvalue weighted by Crippen LogP contribution is 2.28. The molecule has 7 nitrogen and oxygen atoms in total. The van der Waals surface area contributed by atoms with Crippen LogP contribution in [0.15, 0.2) is 61.1 Å². The summed E-state index contributed by atoms with van der Waals surface area (Å²) in [5.41, 5.74) is 8.76. The summed E-state index contributed by atoms with van der Waals surface area (Å²) in [7, 11) is 0. The third-order valence-corrected chi connectivity index (χ3v) is 5.12. The van der Waals surface area contributed by atoms with Crippen molar-refractivity contribution in [1.29, 1.82) is 0 Å². The first-order valence-electron chi connectivity index (χ1n) is 9.54. The van der Waals surface area contributed by atoms with Gasteiger partial charge in [-0.05, 0) is 37.1 Å². The van der Waals surface area contributed by atoms with E-state index in [-0.39, 0.29) is 11.8 Å². The first kappa shape index (κ1) is 18.7. The van der Waals surface area contributed by atoms with Gasteiger partial charge < -0.3 is 10.6 Å². The number of pyridine rings is 1. The molecule has 0 saturated carbocycles. The van der Waals surface area contributed by atoms with Gasteiger partial charge in [-0.3, -0.25) is 19.6 Å². The van der Waals surface area contributed by atoms with E-state index in [1.54, 1.807) is 24.4 Å². The molecule has 2 N–H and O–H groups in total. The van der Waals surface area contributed by atoms with Crippen molar-refractivity contribution < 1.29 is 9.59 Å². The van der Waals surface area contributed by atoms with Crippen LogP contribution >= 0.6 is 0 Å². The van der Waals surface area contributed by atoms with Crippen LogP contribution in [0.25, 0.3) is 11.3 Å². The Morgan fingerprint density at radius 1 is 1.10 bits per heavy atom. The van der Waals surface area contributed by atoms with Crippen molar-refractivity contribution in [3.63, 3.8) is 0 Å². The third kappa shape index (κ3) is 4.13. The maximum Gasteiger partial charge on any atom is 0.274 e. The Kier molecular flexibility index (Phi) is 5.29. The topological polar surface area (TPSA) is 102 Å². The smallest absolute Gasteiger partial charge is 0.274 e. The van der Waals surface area contributed by atoms with Crippen LogP contribution in [-0.2, 0) is 0 Å². The van der Waals surface area contributed by atoms with Gasteiger partial charge >= 0.3 is 0 Å². The Bertz CT molecular complexity index is 1040. The van der Waals surface area contributed by atoms with E-state index in [4.69, 9.17) is 10.7 Å². The molecular formula is C22H21N5O2. The summed E-state index contributed by atoms with van der Waals surface area (Å²) in [4.78, 5) is 38.9. The number of piperidine rings is 1. The van der Waals surface area contributed by atoms with Gasteiger partial charge in [0.2, 0.25) is 5.91 Å². The quantitative estimate of drug-likeness (QED) is 0.741. The number of hydrogen-bond donors (Lipinski definition) is 1. The van der Waals surface area contributed by atoms with Crippen LogP contribution in [0.5, 0.6) is 0 Å². The standard InChI is InChI=1S/C22H21N5O2/c23-21(28)16-5-1-4-15(12-16)18-7-2-8-19(26-18)17-6-3-11-27(14-17)22(29)20-13-24-9-10-25-20/h1-2,4-5,7-10,12-13,17H,3,6,11,14H2,(H2,23,28)/t17-/m0/s1. The average molecular weight is 387 g/mol. The Morgan fingerprint density at radius 3 is 2.76 bits per heavy atom. The first-order valence-corrected chi connectivity index (χ1v) is 9.54. The second-order valence-electron chi connectivity index (χ2n) is 7.07. The van der Waals surface area contributed by atoms with Crippen LogP contribution in [0.4, 0.5) is 0 Å². The maximum absolute atomic E-state index is 12.7. The molecule has 0 unspecified atom stereocenters. The summed E-state index contributed by atoms with van der Waals surface area (Å²) in [6.45, 7) is 1.29. The van der Waals surface area contributed by atoms with Crippen molar-refractivity contribution in [2.24, 2.45) is 5.73 Å². The number of rotatable bonds is 4. The summed E-state index contributed by atoms with van der Waals surface area (Å²) in [5.74, 6) is -0.426. The number of nitrogens with zero attached hydrogens (tertiary/aromatic N) is 4. The highest BCUT2D eigenvalue weighted by Gasteiger charge is 2.27. The van der Waals surface area contributed by atoms with Crippen LogP contribution in [0.1, 0.15) is 45.3 Å². The van der Waals surface area contributed by atoms with E-state index in [0.717, 1.165) is 29.8 Å². The molecule has 4 rings (SSSR count). The van der Waals surface area contributed by atoms with E-state index < -0.39 is 5.91 Å². The van der Waals surface area contributed by atoms with Crippen molar-refractivity contribution in [3.05, 3.63) is 78.0 Å². The van der Waals surface area contributed by atoms with Crippen LogP contribution in [0.3, 0.4) is 0 Å². The molecule has 1 aliphatic heterocycles. The zero-order chi connectivity index (χ0) is 20.2. The molecule has 2 amide bonds. The summed E-state index contributed by atoms with van der Waals surface area (Å²) < 4.78 is 0. The van der Waals surface area contributed by atoms with Crippen LogP contribution in [0.2, 0.25) is 0 Å². The fourth-order valence-corrected chi connectivity index (χ4v) is 3.65. The Hall–Kier alpha value is -3.61. The van der Waals surface area contributed by atoms with Crippen molar-refractivity contribution in [1.82, 2.24) is 19.9 Å². The predicted octanol–water partition coefficient (Wildman–Crippen LogP) is 2.66. The van der Waals surface area contributed by atoms with E-state index >= 15 is 0 Å². The predicted molar refractivity (Wildman–Crippen MR) is 108 cm³/mol. The van der Waals surface area contributed by atoms with Gasteiger partial charge in [-0.25, -0.2) is 4.98 Å². The molecule has 29 heavy (non-hydrogen) atoms. The second kappa shape index (κ2) is 8.18. The van der Waals surface area contributed by atoms with E-state index in [1.165, 1.54) is 12.4 Å². The third-order valence-electron chi connectivity index (χ3n) is 5.12. The molecule has 0 spiro atoms. The number of hydrogen-bond acceptors (Lipinski definition) is 5. The van der Waals surface area contributed by atoms with Gasteiger partial charge in [0, 0.05) is 48.2 Å². The normalized spacial score (nSPS) is 16.4. The molecule has 0 bridgehead atoms. The minimum Gasteiger partial charge on any atom is -0.366 e. The fraction of sp³-hybridized carbons (Fsp3) is 0.227. The summed E-state index contributed by atoms with van der Waals surface area (Å²) >= 11 is 0. The number of nitrogens with two attached hydrogens (primary N) is 1. The number of carbonyl (C=O) groups excluding carboxylic acids is 2. The molecule has 1 aromatic carbocycles. The molecule has 3 heterocycles. The SMILES string of the molecule is NC(=O)c1cccc(-c2cccc([C@H]3CCCN(C(=O)c4cnccn4)C3)n2)c1. The summed E-state index contributed by atoms with van der Waals surface area (Å²) in [6.07, 6.45) is 6.44. The van der Waals surface area contributed by atoms with Crippen molar-refractivity contribution >= 4 is 11.8 Å². The molecule has 0 aliphatic carbocycles. The lowest BCUT2D eigenvalue weighted by atomic mass is 9.93. The summed E-state index contributed by atoms with van der Waals surface area (Å²) in [6, 6.07) is 13.0. The van der Waals surface area contributed by atoms with Gasteiger partial charge in [-0.2, -0.15) is 0 Å². The van der Waals surface area contributed by atoms with Gasteiger partial charge in [0.1, 0.15) is 5.69 Å². The highest BCUT2D eigenvalue weighted by atomic mass is 16.2. The van der Waals surface area contributed by atoms with Crippen LogP contribution in [0, 0.1) is 0 Å². The fourth-order valence-electron chi connectivity index (χ4n) is 3.65. The van der Waals surface area contributed by atoms with E-state index in [9.17, 15) is 9.59 Å². The summed E-state index contributed by atoms with van der Waals surface area (Å²) in [5, 5.41) is 0. The number of amides is 2. The lowest BCUT2D eigenvalue weighted by molar-refractivity contribution is 0.0699. The van der Waals surface area contributed by atoms with Crippen molar-refractivity contribution in [2.45, 2.75) is 18.8 Å². The molecule has 1 saturated heterocycles. The number of primary amides is 1. The molecule has 7 heteroatoms. The van der Waals surface area contributed by atoms with E-state index in [0.29, 0.717) is 24.3 Å². The molecule has 146 valence electrons. The first-order chi connectivity index (χ1) is 14.1. The van der Waals surface area contributed by atoms with E-state index in [1.807, 2.05) is 29.2 Å². The molecule has 0 radical (unpaired) electrons. The average Bonchev–Trinajstić information content (AvgIpc) is 2.79. The van der Waals surface area contributed by atoms with Gasteiger partial charge in [0.25, 0.3) is 5.91 Å². The minimum absolute atomic E-state index is 0.104. The maximum atomic E-state index is 12.7. The number of aromatic nitrogens is 3. The molecule has 1 aliphatic rings. The number of likely N-dealkylation sites (tertiary alicyclic amines) is 1. The van der Waals surface area contributed by atoms with Crippen molar-refractivity contribution in [3.8, 4) is 11.3 Å². The van der Waals surface area contributed by atoms with Gasteiger partial charge in [-0.15, -0.1) is 0 Å². The van der Waals surface area contributed by atoms with Gasteiger partial charge in [0.15, 0.2) is 0 Å². The molecular weight excluding hydrogens is 366 g/mol. The number of carbonyl (C=O) groups is 2. The van der Waals surface area contributed by atoms with Gasteiger partial charge in [0.05, 0.1) is 11.9 Å². The monoisotopic (exact) mass is 387 g/mol. The van der Waals surface area contributed by atoms with Gasteiger partial charge in [-0.1, -0.05) is 18.2 Å². The molecule has 1 atom stereocenters. The Morgan fingerprint density at radius 2 is 1.97 bits per heavy atom. The van der Waals surface area contributed by atoms with Crippen LogP contribution in [-0.4, -0.2) is 44.8 Å². The lowest BCUT2D eigenvalue weighted by Crippen LogP contribution is -2.39. The minimum atomic E-state index is -0.464. The van der Waals surface area contributed by atoms with Crippen molar-refractivity contribution in [2.75, 3.05) is 13.1 Å². The highest BCUT2D eigenvalue weighted by molar-refractivity contribution is 5.94. The Balaban J connectivity index is 1.56.